The van der Waals surface area contributed by atoms with Gasteiger partial charge >= 0.3 is 0 Å². The predicted molar refractivity (Wildman–Crippen MR) is 144 cm³/mol. The minimum absolute atomic E-state index is 0.0759. The summed E-state index contributed by atoms with van der Waals surface area (Å²) in [6.07, 6.45) is 3.65. The van der Waals surface area contributed by atoms with Crippen LogP contribution in [0.25, 0.3) is 0 Å². The highest BCUT2D eigenvalue weighted by molar-refractivity contribution is 6.07. The fourth-order valence-corrected chi connectivity index (χ4v) is 5.04. The van der Waals surface area contributed by atoms with Crippen LogP contribution in [0, 0.1) is 16.0 Å². The van der Waals surface area contributed by atoms with Gasteiger partial charge in [-0.25, -0.2) is 0 Å². The van der Waals surface area contributed by atoms with Gasteiger partial charge in [-0.15, -0.1) is 0 Å². The average Bonchev–Trinajstić information content (AvgIpc) is 3.15. The molecule has 2 aliphatic heterocycles. The van der Waals surface area contributed by atoms with E-state index >= 15 is 0 Å². The second kappa shape index (κ2) is 10.3. The molecule has 3 aromatic carbocycles. The average molecular weight is 530 g/mol. The van der Waals surface area contributed by atoms with E-state index in [1.165, 1.54) is 23.1 Å². The van der Waals surface area contributed by atoms with Crippen LogP contribution in [0.5, 0.6) is 5.75 Å². The fourth-order valence-electron chi connectivity index (χ4n) is 5.04. The van der Waals surface area contributed by atoms with E-state index in [4.69, 9.17) is 9.84 Å². The van der Waals surface area contributed by atoms with Crippen molar-refractivity contribution in [3.8, 4) is 5.75 Å². The monoisotopic (exact) mass is 529 g/mol. The quantitative estimate of drug-likeness (QED) is 0.256. The molecule has 0 bridgehead atoms. The van der Waals surface area contributed by atoms with Crippen molar-refractivity contribution in [3.05, 3.63) is 100 Å². The summed E-state index contributed by atoms with van der Waals surface area (Å²) in [7, 11) is 0. The van der Waals surface area contributed by atoms with Crippen LogP contribution in [0.4, 0.5) is 22.7 Å². The zero-order valence-corrected chi connectivity index (χ0v) is 21.2. The number of hydrogen-bond acceptors (Lipinski definition) is 7. The Morgan fingerprint density at radius 3 is 2.56 bits per heavy atom. The minimum Gasteiger partial charge on any atom is -0.482 e. The highest BCUT2D eigenvalue weighted by atomic mass is 16.6. The van der Waals surface area contributed by atoms with E-state index < -0.39 is 22.3 Å². The third kappa shape index (κ3) is 4.53. The van der Waals surface area contributed by atoms with Gasteiger partial charge in [0.2, 0.25) is 0 Å². The molecule has 0 saturated heterocycles. The molecule has 2 N–H and O–H groups in total. The van der Waals surface area contributed by atoms with E-state index in [1.54, 1.807) is 60.4 Å². The fraction of sp³-hybridized carbons (Fsp3) is 0.241. The number of carbonyl (C=O) groups excluding carboxylic acids is 2. The lowest BCUT2D eigenvalue weighted by Gasteiger charge is -2.29. The zero-order valence-electron chi connectivity index (χ0n) is 21.2. The maximum Gasteiger partial charge on any atom is 0.269 e. The molecule has 2 heterocycles. The number of nitro benzene ring substituents is 1. The van der Waals surface area contributed by atoms with E-state index in [9.17, 15) is 24.8 Å². The molecule has 0 unspecified atom stereocenters. The molecule has 39 heavy (non-hydrogen) atoms. The molecule has 2 aliphatic rings. The lowest BCUT2D eigenvalue weighted by Crippen LogP contribution is -2.44. The maximum atomic E-state index is 13.7. The third-order valence-electron chi connectivity index (χ3n) is 7.09. The van der Waals surface area contributed by atoms with Crippen LogP contribution in [-0.4, -0.2) is 40.2 Å². The molecule has 0 aliphatic carbocycles. The van der Waals surface area contributed by atoms with Crippen molar-refractivity contribution in [2.45, 2.75) is 25.5 Å². The number of aliphatic hydroxyl groups excluding tert-OH is 1. The Kier molecular flexibility index (Phi) is 6.90. The predicted octanol–water partition coefficient (Wildman–Crippen LogP) is 3.96. The maximum absolute atomic E-state index is 13.7. The summed E-state index contributed by atoms with van der Waals surface area (Å²) in [5.41, 5.74) is 0.317. The van der Waals surface area contributed by atoms with Crippen molar-refractivity contribution in [1.29, 1.82) is 0 Å². The molecule has 3 aromatic rings. The van der Waals surface area contributed by atoms with Crippen LogP contribution in [0.1, 0.15) is 24.5 Å². The van der Waals surface area contributed by atoms with Crippen molar-refractivity contribution in [3.63, 3.8) is 0 Å². The summed E-state index contributed by atoms with van der Waals surface area (Å²) in [6, 6.07) is 18.4. The van der Waals surface area contributed by atoms with Gasteiger partial charge in [-0.1, -0.05) is 43.3 Å². The second-order valence-electron chi connectivity index (χ2n) is 9.50. The summed E-state index contributed by atoms with van der Waals surface area (Å²) in [5.74, 6) is -0.909. The van der Waals surface area contributed by atoms with Gasteiger partial charge in [-0.3, -0.25) is 24.6 Å². The second-order valence-corrected chi connectivity index (χ2v) is 9.50. The Hall–Kier alpha value is -4.54. The van der Waals surface area contributed by atoms with Gasteiger partial charge in [-0.2, -0.15) is 0 Å². The summed E-state index contributed by atoms with van der Waals surface area (Å²) in [6.45, 7) is 1.60. The zero-order chi connectivity index (χ0) is 27.7. The number of amides is 2. The summed E-state index contributed by atoms with van der Waals surface area (Å²) < 4.78 is 5.52. The van der Waals surface area contributed by atoms with Gasteiger partial charge in [-0.05, 0) is 42.3 Å². The number of ether oxygens (including phenoxy) is 1. The van der Waals surface area contributed by atoms with Crippen molar-refractivity contribution in [2.24, 2.45) is 5.92 Å². The van der Waals surface area contributed by atoms with Crippen molar-refractivity contribution in [1.82, 2.24) is 0 Å². The Morgan fingerprint density at radius 1 is 1.10 bits per heavy atom. The number of benzene rings is 3. The molecule has 200 valence electrons. The molecule has 2 amide bonds. The van der Waals surface area contributed by atoms with E-state index in [0.717, 1.165) is 5.56 Å². The van der Waals surface area contributed by atoms with E-state index in [-0.39, 0.29) is 36.9 Å². The molecule has 0 saturated carbocycles. The van der Waals surface area contributed by atoms with Gasteiger partial charge in [0.15, 0.2) is 12.2 Å². The Labute approximate surface area is 224 Å². The molecule has 5 rings (SSSR count). The van der Waals surface area contributed by atoms with Crippen LogP contribution >= 0.6 is 0 Å². The number of aliphatic hydroxyl groups is 2. The third-order valence-corrected chi connectivity index (χ3v) is 7.09. The first kappa shape index (κ1) is 26.1. The molecule has 10 nitrogen and oxygen atoms in total. The van der Waals surface area contributed by atoms with Crippen LogP contribution in [0.15, 0.2) is 78.9 Å². The number of hydrogen-bond donors (Lipinski definition) is 2. The molecule has 0 radical (unpaired) electrons. The number of rotatable bonds is 8. The van der Waals surface area contributed by atoms with Crippen LogP contribution in [0.3, 0.4) is 0 Å². The Morgan fingerprint density at radius 2 is 1.85 bits per heavy atom. The van der Waals surface area contributed by atoms with E-state index in [1.807, 2.05) is 12.1 Å². The van der Waals surface area contributed by atoms with Crippen molar-refractivity contribution < 1.29 is 29.5 Å². The van der Waals surface area contributed by atoms with E-state index in [0.29, 0.717) is 29.2 Å². The smallest absolute Gasteiger partial charge is 0.269 e. The number of anilines is 3. The Bertz CT molecular complexity index is 1470. The molecular formula is C29H27N3O7. The van der Waals surface area contributed by atoms with Crippen molar-refractivity contribution in [2.75, 3.05) is 23.0 Å². The first-order valence-corrected chi connectivity index (χ1v) is 12.5. The van der Waals surface area contributed by atoms with E-state index in [2.05, 4.69) is 0 Å². The molecule has 10 heteroatoms. The van der Waals surface area contributed by atoms with Crippen LogP contribution < -0.4 is 14.5 Å². The summed E-state index contributed by atoms with van der Waals surface area (Å²) in [4.78, 5) is 40.2. The van der Waals surface area contributed by atoms with Gasteiger partial charge in [0.25, 0.3) is 17.5 Å². The molecular weight excluding hydrogens is 502 g/mol. The number of carbonyl (C=O) groups is 2. The van der Waals surface area contributed by atoms with Gasteiger partial charge < -0.3 is 19.8 Å². The minimum atomic E-state index is -2.02. The number of nitro groups is 1. The standard InChI is InChI=1S/C29H27N3O7/c1-19(6-4-5-15-33)29(36)23-16-22(32(37)38)13-14-24(23)30(28(29)35)17-20-9-11-21(12-10-20)31-25-7-2-3-8-26(25)39-18-27(31)34/h2-4,6-14,16,19,33,36H,5,15,17-18H2,1H3/b6-4+/t19-,29+/m1/s1. The SMILES string of the molecule is C[C@H](/C=C/CCO)[C@@]1(O)C(=O)N(Cc2ccc(N3C(=O)COc4ccccc43)cc2)c2ccc([N+](=O)[O-])cc21. The Balaban J connectivity index is 1.46. The lowest BCUT2D eigenvalue weighted by atomic mass is 9.82. The number of nitrogens with zero attached hydrogens (tertiary/aromatic N) is 3. The summed E-state index contributed by atoms with van der Waals surface area (Å²) in [5, 5.41) is 32.2. The molecule has 0 aromatic heterocycles. The van der Waals surface area contributed by atoms with Crippen molar-refractivity contribution >= 4 is 34.6 Å². The lowest BCUT2D eigenvalue weighted by molar-refractivity contribution is -0.385. The summed E-state index contributed by atoms with van der Waals surface area (Å²) >= 11 is 0. The van der Waals surface area contributed by atoms with Gasteiger partial charge in [0.1, 0.15) is 5.75 Å². The highest BCUT2D eigenvalue weighted by Gasteiger charge is 2.53. The van der Waals surface area contributed by atoms with Gasteiger partial charge in [0, 0.05) is 35.9 Å². The normalized spacial score (nSPS) is 19.2. The van der Waals surface area contributed by atoms with Crippen LogP contribution in [0.2, 0.25) is 0 Å². The first-order chi connectivity index (χ1) is 18.8. The number of para-hydroxylation sites is 2. The molecule has 2 atom stereocenters. The number of non-ortho nitro benzene ring substituents is 1. The van der Waals surface area contributed by atoms with Crippen LogP contribution in [-0.2, 0) is 21.7 Å². The molecule has 0 fully saturated rings. The molecule has 0 spiro atoms. The topological polar surface area (TPSA) is 133 Å². The largest absolute Gasteiger partial charge is 0.482 e. The first-order valence-electron chi connectivity index (χ1n) is 12.5. The highest BCUT2D eigenvalue weighted by Crippen LogP contribution is 2.47. The van der Waals surface area contributed by atoms with Gasteiger partial charge in [0.05, 0.1) is 22.8 Å². The number of fused-ring (bicyclic) bond motifs is 2.